The van der Waals surface area contributed by atoms with E-state index in [1.807, 2.05) is 0 Å². The topological polar surface area (TPSA) is 52.5 Å². The van der Waals surface area contributed by atoms with Crippen LogP contribution in [0.4, 0.5) is 0 Å². The zero-order chi connectivity index (χ0) is 14.5. The smallest absolute Gasteiger partial charge is 0.0929 e. The summed E-state index contributed by atoms with van der Waals surface area (Å²) in [7, 11) is 0. The highest BCUT2D eigenvalue weighted by molar-refractivity contribution is 6.33. The van der Waals surface area contributed by atoms with Gasteiger partial charge < -0.3 is 15.5 Å². The first kappa shape index (κ1) is 16.7. The fourth-order valence-corrected chi connectivity index (χ4v) is 2.24. The summed E-state index contributed by atoms with van der Waals surface area (Å²) in [6.07, 6.45) is 0.0183. The lowest BCUT2D eigenvalue weighted by Crippen LogP contribution is -2.33. The van der Waals surface area contributed by atoms with Crippen LogP contribution in [-0.4, -0.2) is 29.9 Å². The van der Waals surface area contributed by atoms with Gasteiger partial charge in [-0.25, -0.2) is 0 Å². The van der Waals surface area contributed by atoms with Gasteiger partial charge in [0.05, 0.1) is 6.10 Å². The molecule has 1 atom stereocenters. The van der Waals surface area contributed by atoms with Crippen molar-refractivity contribution in [2.24, 2.45) is 5.41 Å². The summed E-state index contributed by atoms with van der Waals surface area (Å²) in [5.41, 5.74) is 0.619. The number of hydrogen-bond acceptors (Lipinski definition) is 3. The van der Waals surface area contributed by atoms with Crippen LogP contribution >= 0.6 is 23.2 Å². The molecule has 0 aromatic heterocycles. The summed E-state index contributed by atoms with van der Waals surface area (Å²) >= 11 is 11.9. The molecule has 3 nitrogen and oxygen atoms in total. The van der Waals surface area contributed by atoms with Crippen LogP contribution in [0.3, 0.4) is 0 Å². The van der Waals surface area contributed by atoms with Gasteiger partial charge in [0.2, 0.25) is 0 Å². The normalized spacial score (nSPS) is 13.6. The van der Waals surface area contributed by atoms with Crippen LogP contribution in [0.1, 0.15) is 31.9 Å². The Hall–Kier alpha value is -0.320. The van der Waals surface area contributed by atoms with Gasteiger partial charge in [0.1, 0.15) is 0 Å². The Morgan fingerprint density at radius 2 is 2.00 bits per heavy atom. The van der Waals surface area contributed by atoms with Gasteiger partial charge in [0.25, 0.3) is 0 Å². The fraction of sp³-hybridized carbons (Fsp3) is 0.571. The van der Waals surface area contributed by atoms with E-state index in [4.69, 9.17) is 28.3 Å². The highest BCUT2D eigenvalue weighted by Gasteiger charge is 2.18. The number of hydrogen-bond donors (Lipinski definition) is 3. The summed E-state index contributed by atoms with van der Waals surface area (Å²) in [5.74, 6) is 0. The number of benzene rings is 1. The Balaban J connectivity index is 2.51. The second-order valence-electron chi connectivity index (χ2n) is 5.45. The third-order valence-corrected chi connectivity index (χ3v) is 3.63. The summed E-state index contributed by atoms with van der Waals surface area (Å²) < 4.78 is 0. The Kier molecular flexibility index (Phi) is 6.57. The van der Waals surface area contributed by atoms with Crippen LogP contribution in [0.2, 0.25) is 10.0 Å². The van der Waals surface area contributed by atoms with Crippen LogP contribution in [0.5, 0.6) is 0 Å². The molecule has 0 saturated carbocycles. The first-order valence-electron chi connectivity index (χ1n) is 6.30. The molecule has 0 fully saturated rings. The predicted octanol–water partition coefficient (Wildman–Crippen LogP) is 3.03. The van der Waals surface area contributed by atoms with Crippen molar-refractivity contribution < 1.29 is 10.2 Å². The largest absolute Gasteiger partial charge is 0.396 e. The molecule has 108 valence electrons. The minimum Gasteiger partial charge on any atom is -0.396 e. The molecule has 0 radical (unpaired) electrons. The van der Waals surface area contributed by atoms with Gasteiger partial charge >= 0.3 is 0 Å². The number of aliphatic hydroxyl groups is 2. The van der Waals surface area contributed by atoms with Crippen molar-refractivity contribution in [2.75, 3.05) is 19.7 Å². The van der Waals surface area contributed by atoms with E-state index in [0.717, 1.165) is 0 Å². The molecule has 0 bridgehead atoms. The van der Waals surface area contributed by atoms with Crippen molar-refractivity contribution in [3.05, 3.63) is 33.8 Å². The fourth-order valence-electron chi connectivity index (χ4n) is 1.82. The van der Waals surface area contributed by atoms with E-state index in [1.165, 1.54) is 0 Å². The molecule has 1 rings (SSSR count). The summed E-state index contributed by atoms with van der Waals surface area (Å²) in [6.45, 7) is 5.40. The Bertz CT molecular complexity index is 410. The monoisotopic (exact) mass is 305 g/mol. The lowest BCUT2D eigenvalue weighted by atomic mass is 9.89. The van der Waals surface area contributed by atoms with Crippen molar-refractivity contribution in [1.29, 1.82) is 0 Å². The molecule has 0 saturated heterocycles. The zero-order valence-corrected chi connectivity index (χ0v) is 12.8. The standard InChI is InChI=1S/C14H21Cl2NO2/c1-14(2,5-6-18)9-17-8-13(19)11-7-10(15)3-4-12(11)16/h3-4,7,13,17-19H,5-6,8-9H2,1-2H3. The number of halogens is 2. The van der Waals surface area contributed by atoms with Gasteiger partial charge in [-0.15, -0.1) is 0 Å². The molecule has 1 aromatic rings. The Morgan fingerprint density at radius 3 is 2.63 bits per heavy atom. The second-order valence-corrected chi connectivity index (χ2v) is 6.29. The maximum Gasteiger partial charge on any atom is 0.0929 e. The van der Waals surface area contributed by atoms with Crippen molar-refractivity contribution >= 4 is 23.2 Å². The highest BCUT2D eigenvalue weighted by Crippen LogP contribution is 2.26. The molecule has 5 heteroatoms. The third kappa shape index (κ3) is 5.67. The quantitative estimate of drug-likeness (QED) is 0.726. The number of rotatable bonds is 7. The van der Waals surface area contributed by atoms with E-state index >= 15 is 0 Å². The minimum absolute atomic E-state index is 0.00734. The van der Waals surface area contributed by atoms with Crippen LogP contribution in [-0.2, 0) is 0 Å². The van der Waals surface area contributed by atoms with E-state index in [9.17, 15) is 5.11 Å². The van der Waals surface area contributed by atoms with E-state index in [-0.39, 0.29) is 12.0 Å². The van der Waals surface area contributed by atoms with Gasteiger partial charge in [0, 0.05) is 35.3 Å². The van der Waals surface area contributed by atoms with E-state index in [2.05, 4.69) is 19.2 Å². The number of nitrogens with one attached hydrogen (secondary N) is 1. The summed E-state index contributed by atoms with van der Waals surface area (Å²) in [6, 6.07) is 5.05. The van der Waals surface area contributed by atoms with Crippen molar-refractivity contribution in [1.82, 2.24) is 5.32 Å². The molecule has 19 heavy (non-hydrogen) atoms. The first-order chi connectivity index (χ1) is 8.85. The highest BCUT2D eigenvalue weighted by atomic mass is 35.5. The van der Waals surface area contributed by atoms with Crippen LogP contribution in [0, 0.1) is 5.41 Å². The Labute approximate surface area is 124 Å². The Morgan fingerprint density at radius 1 is 1.32 bits per heavy atom. The molecule has 0 spiro atoms. The predicted molar refractivity (Wildman–Crippen MR) is 79.8 cm³/mol. The zero-order valence-electron chi connectivity index (χ0n) is 11.3. The number of aliphatic hydroxyl groups excluding tert-OH is 2. The van der Waals surface area contributed by atoms with E-state index < -0.39 is 6.10 Å². The van der Waals surface area contributed by atoms with E-state index in [0.29, 0.717) is 35.1 Å². The van der Waals surface area contributed by atoms with Crippen molar-refractivity contribution in [3.63, 3.8) is 0 Å². The molecular formula is C14H21Cl2NO2. The lowest BCUT2D eigenvalue weighted by Gasteiger charge is -2.25. The molecule has 0 amide bonds. The summed E-state index contributed by atoms with van der Waals surface area (Å²) in [5, 5.41) is 23.3. The average Bonchev–Trinajstić information content (AvgIpc) is 2.31. The molecule has 0 aliphatic carbocycles. The molecule has 0 aliphatic heterocycles. The van der Waals surface area contributed by atoms with Gasteiger partial charge in [-0.05, 0) is 30.0 Å². The van der Waals surface area contributed by atoms with Gasteiger partial charge in [-0.3, -0.25) is 0 Å². The molecular weight excluding hydrogens is 285 g/mol. The van der Waals surface area contributed by atoms with Crippen LogP contribution < -0.4 is 5.32 Å². The maximum absolute atomic E-state index is 10.1. The second kappa shape index (κ2) is 7.46. The van der Waals surface area contributed by atoms with Gasteiger partial charge in [-0.2, -0.15) is 0 Å². The van der Waals surface area contributed by atoms with Gasteiger partial charge in [0.15, 0.2) is 0 Å². The van der Waals surface area contributed by atoms with Crippen molar-refractivity contribution in [2.45, 2.75) is 26.4 Å². The van der Waals surface area contributed by atoms with Gasteiger partial charge in [-0.1, -0.05) is 37.0 Å². The van der Waals surface area contributed by atoms with Crippen LogP contribution in [0.25, 0.3) is 0 Å². The molecule has 1 unspecified atom stereocenters. The SMILES string of the molecule is CC(C)(CCO)CNCC(O)c1cc(Cl)ccc1Cl. The summed E-state index contributed by atoms with van der Waals surface area (Å²) in [4.78, 5) is 0. The van der Waals surface area contributed by atoms with Crippen molar-refractivity contribution in [3.8, 4) is 0 Å². The van der Waals surface area contributed by atoms with Crippen LogP contribution in [0.15, 0.2) is 18.2 Å². The third-order valence-electron chi connectivity index (χ3n) is 3.05. The van der Waals surface area contributed by atoms with E-state index in [1.54, 1.807) is 18.2 Å². The molecule has 0 aliphatic rings. The molecule has 0 heterocycles. The maximum atomic E-state index is 10.1. The average molecular weight is 306 g/mol. The first-order valence-corrected chi connectivity index (χ1v) is 7.06. The minimum atomic E-state index is -0.698. The molecule has 3 N–H and O–H groups in total. The lowest BCUT2D eigenvalue weighted by molar-refractivity contribution is 0.161. The molecule has 1 aromatic carbocycles.